The van der Waals surface area contributed by atoms with Crippen molar-refractivity contribution in [1.82, 2.24) is 14.5 Å². The van der Waals surface area contributed by atoms with E-state index in [4.69, 9.17) is 15.2 Å². The predicted molar refractivity (Wildman–Crippen MR) is 88.6 cm³/mol. The van der Waals surface area contributed by atoms with Crippen molar-refractivity contribution >= 4 is 11.2 Å². The van der Waals surface area contributed by atoms with E-state index in [9.17, 15) is 0 Å². The topological polar surface area (TPSA) is 75.2 Å². The van der Waals surface area contributed by atoms with Crippen LogP contribution in [0.1, 0.15) is 11.4 Å². The van der Waals surface area contributed by atoms with Crippen LogP contribution >= 0.6 is 0 Å². The monoisotopic (exact) mass is 312 g/mol. The lowest BCUT2D eigenvalue weighted by Gasteiger charge is -2.11. The third-order valence-corrected chi connectivity index (χ3v) is 3.58. The summed E-state index contributed by atoms with van der Waals surface area (Å²) < 4.78 is 13.2. The van der Waals surface area contributed by atoms with Gasteiger partial charge in [0.1, 0.15) is 17.9 Å². The minimum atomic E-state index is 0.329. The number of para-hydroxylation sites is 2. The zero-order chi connectivity index (χ0) is 16.2. The Morgan fingerprint density at radius 3 is 2.74 bits per heavy atom. The highest BCUT2D eigenvalue weighted by molar-refractivity contribution is 5.72. The minimum Gasteiger partial charge on any atom is -0.493 e. The summed E-state index contributed by atoms with van der Waals surface area (Å²) in [6, 6.07) is 9.57. The number of nitrogens with zero attached hydrogens (tertiary/aromatic N) is 3. The number of hydrogen-bond acceptors (Lipinski definition) is 5. The zero-order valence-electron chi connectivity index (χ0n) is 13.3. The highest BCUT2D eigenvalue weighted by atomic mass is 16.5. The van der Waals surface area contributed by atoms with Crippen LogP contribution in [0, 0.1) is 6.92 Å². The van der Waals surface area contributed by atoms with Crippen LogP contribution in [0.4, 0.5) is 0 Å². The Labute approximate surface area is 134 Å². The second kappa shape index (κ2) is 6.66. The predicted octanol–water partition coefficient (Wildman–Crippen LogP) is 2.29. The first-order chi connectivity index (χ1) is 11.2. The number of nitrogens with two attached hydrogens (primary N) is 1. The number of fused-ring (bicyclic) bond motifs is 1. The maximum Gasteiger partial charge on any atom is 0.161 e. The molecule has 0 bridgehead atoms. The first-order valence-corrected chi connectivity index (χ1v) is 7.50. The van der Waals surface area contributed by atoms with Gasteiger partial charge in [0, 0.05) is 19.3 Å². The smallest absolute Gasteiger partial charge is 0.161 e. The zero-order valence-corrected chi connectivity index (χ0v) is 13.3. The summed E-state index contributed by atoms with van der Waals surface area (Å²) in [6.45, 7) is 3.50. The number of benzene rings is 1. The molecule has 3 rings (SSSR count). The van der Waals surface area contributed by atoms with Crippen LogP contribution in [-0.2, 0) is 13.2 Å². The molecule has 0 amide bonds. The molecule has 0 aliphatic carbocycles. The van der Waals surface area contributed by atoms with Crippen molar-refractivity contribution in [2.45, 2.75) is 20.1 Å². The molecule has 2 heterocycles. The molecule has 1 aromatic carbocycles. The lowest BCUT2D eigenvalue weighted by molar-refractivity contribution is 0.272. The number of aryl methyl sites for hydroxylation is 1. The Hall–Kier alpha value is -2.60. The third-order valence-electron chi connectivity index (χ3n) is 3.58. The van der Waals surface area contributed by atoms with E-state index in [0.717, 1.165) is 22.6 Å². The van der Waals surface area contributed by atoms with Crippen molar-refractivity contribution in [3.63, 3.8) is 0 Å². The van der Waals surface area contributed by atoms with Gasteiger partial charge in [0.2, 0.25) is 0 Å². The van der Waals surface area contributed by atoms with Crippen molar-refractivity contribution in [3.8, 4) is 11.5 Å². The quantitative estimate of drug-likeness (QED) is 0.756. The minimum absolute atomic E-state index is 0.329. The van der Waals surface area contributed by atoms with Crippen LogP contribution in [0.5, 0.6) is 11.5 Å². The molecule has 0 saturated carbocycles. The molecule has 6 heteroatoms. The number of imidazole rings is 1. The van der Waals surface area contributed by atoms with Gasteiger partial charge in [0.15, 0.2) is 17.1 Å². The standard InChI is InChI=1S/C17H20N4O2/c1-12-9-13-17(19-10-12)21(8-7-18)16(20-13)11-23-15-6-4-3-5-14(15)22-2/h3-6,9-10H,7-8,11,18H2,1-2H3. The van der Waals surface area contributed by atoms with Crippen LogP contribution < -0.4 is 15.2 Å². The largest absolute Gasteiger partial charge is 0.493 e. The van der Waals surface area contributed by atoms with Crippen molar-refractivity contribution in [1.29, 1.82) is 0 Å². The van der Waals surface area contributed by atoms with Crippen LogP contribution in [0.25, 0.3) is 11.2 Å². The number of methoxy groups -OCH3 is 1. The molecular weight excluding hydrogens is 292 g/mol. The van der Waals surface area contributed by atoms with Crippen LogP contribution in [0.15, 0.2) is 36.5 Å². The maximum atomic E-state index is 5.88. The Morgan fingerprint density at radius 2 is 2.00 bits per heavy atom. The molecule has 0 aliphatic heterocycles. The number of pyridine rings is 1. The van der Waals surface area contributed by atoms with Gasteiger partial charge in [-0.1, -0.05) is 12.1 Å². The summed E-state index contributed by atoms with van der Waals surface area (Å²) in [5, 5.41) is 0. The summed E-state index contributed by atoms with van der Waals surface area (Å²) in [5.41, 5.74) is 8.49. The molecule has 2 N–H and O–H groups in total. The van der Waals surface area contributed by atoms with Gasteiger partial charge in [-0.15, -0.1) is 0 Å². The molecule has 0 saturated heterocycles. The molecule has 0 aliphatic rings. The number of ether oxygens (including phenoxy) is 2. The Morgan fingerprint density at radius 1 is 1.22 bits per heavy atom. The van der Waals surface area contributed by atoms with Crippen molar-refractivity contribution in [2.75, 3.05) is 13.7 Å². The van der Waals surface area contributed by atoms with Gasteiger partial charge in [0.25, 0.3) is 0 Å². The summed E-state index contributed by atoms with van der Waals surface area (Å²) in [4.78, 5) is 9.12. The number of hydrogen-bond donors (Lipinski definition) is 1. The fourth-order valence-electron chi connectivity index (χ4n) is 2.51. The van der Waals surface area contributed by atoms with Crippen LogP contribution in [0.2, 0.25) is 0 Å². The molecule has 2 aromatic heterocycles. The highest BCUT2D eigenvalue weighted by Gasteiger charge is 2.13. The van der Waals surface area contributed by atoms with Crippen LogP contribution in [-0.4, -0.2) is 28.2 Å². The number of rotatable bonds is 6. The fourth-order valence-corrected chi connectivity index (χ4v) is 2.51. The Kier molecular flexibility index (Phi) is 4.43. The van der Waals surface area contributed by atoms with E-state index < -0.39 is 0 Å². The molecule has 6 nitrogen and oxygen atoms in total. The SMILES string of the molecule is COc1ccccc1OCc1nc2cc(C)cnc2n1CCN. The molecule has 23 heavy (non-hydrogen) atoms. The molecule has 120 valence electrons. The van der Waals surface area contributed by atoms with Gasteiger partial charge in [-0.05, 0) is 30.7 Å². The summed E-state index contributed by atoms with van der Waals surface area (Å²) >= 11 is 0. The Balaban J connectivity index is 1.91. The van der Waals surface area contributed by atoms with E-state index in [-0.39, 0.29) is 0 Å². The highest BCUT2D eigenvalue weighted by Crippen LogP contribution is 2.27. The van der Waals surface area contributed by atoms with E-state index in [2.05, 4.69) is 9.97 Å². The van der Waals surface area contributed by atoms with Gasteiger partial charge < -0.3 is 19.8 Å². The molecule has 0 atom stereocenters. The van der Waals surface area contributed by atoms with Crippen molar-refractivity contribution < 1.29 is 9.47 Å². The first-order valence-electron chi connectivity index (χ1n) is 7.50. The maximum absolute atomic E-state index is 5.88. The van der Waals surface area contributed by atoms with E-state index in [1.807, 2.05) is 48.0 Å². The normalized spacial score (nSPS) is 10.9. The molecule has 3 aromatic rings. The first kappa shape index (κ1) is 15.3. The molecule has 0 spiro atoms. The van der Waals surface area contributed by atoms with Gasteiger partial charge >= 0.3 is 0 Å². The second-order valence-corrected chi connectivity index (χ2v) is 5.26. The average molecular weight is 312 g/mol. The van der Waals surface area contributed by atoms with Crippen LogP contribution in [0.3, 0.4) is 0 Å². The van der Waals surface area contributed by atoms with E-state index >= 15 is 0 Å². The van der Waals surface area contributed by atoms with E-state index in [1.165, 1.54) is 0 Å². The molecule has 0 fully saturated rings. The molecule has 0 radical (unpaired) electrons. The van der Waals surface area contributed by atoms with Crippen molar-refractivity contribution in [2.24, 2.45) is 5.73 Å². The summed E-state index contributed by atoms with van der Waals surface area (Å²) in [6.07, 6.45) is 1.84. The lowest BCUT2D eigenvalue weighted by Crippen LogP contribution is -2.14. The average Bonchev–Trinajstić information content (AvgIpc) is 2.90. The lowest BCUT2D eigenvalue weighted by atomic mass is 10.3. The summed E-state index contributed by atoms with van der Waals surface area (Å²) in [7, 11) is 1.62. The Bertz CT molecular complexity index is 813. The molecular formula is C17H20N4O2. The van der Waals surface area contributed by atoms with Gasteiger partial charge in [-0.25, -0.2) is 9.97 Å². The fraction of sp³-hybridized carbons (Fsp3) is 0.294. The van der Waals surface area contributed by atoms with Gasteiger partial charge in [-0.3, -0.25) is 0 Å². The van der Waals surface area contributed by atoms with E-state index in [1.54, 1.807) is 7.11 Å². The van der Waals surface area contributed by atoms with E-state index in [0.29, 0.717) is 31.2 Å². The van der Waals surface area contributed by atoms with Gasteiger partial charge in [0.05, 0.1) is 7.11 Å². The molecule has 0 unspecified atom stereocenters. The third kappa shape index (κ3) is 3.12. The summed E-state index contributed by atoms with van der Waals surface area (Å²) in [5.74, 6) is 2.18. The second-order valence-electron chi connectivity index (χ2n) is 5.26. The number of aromatic nitrogens is 3. The van der Waals surface area contributed by atoms with Crippen molar-refractivity contribution in [3.05, 3.63) is 47.9 Å². The van der Waals surface area contributed by atoms with Gasteiger partial charge in [-0.2, -0.15) is 0 Å².